The van der Waals surface area contributed by atoms with Crippen LogP contribution in [0.4, 0.5) is 42.9 Å². The summed E-state index contributed by atoms with van der Waals surface area (Å²) >= 11 is 0. The number of benzene rings is 12. The maximum Gasteiger partial charge on any atom is 0.155 e. The Morgan fingerprint density at radius 3 is 0.961 bits per heavy atom. The number of rotatable bonds is 10. The summed E-state index contributed by atoms with van der Waals surface area (Å²) in [6.07, 6.45) is 0. The minimum Gasteiger partial charge on any atom is -0.307 e. The number of halogens is 2. The van der Waals surface area contributed by atoms with Crippen LogP contribution in [0.3, 0.4) is 0 Å². The van der Waals surface area contributed by atoms with Gasteiger partial charge in [-0.1, -0.05) is 170 Å². The van der Waals surface area contributed by atoms with Crippen molar-refractivity contribution in [3.05, 3.63) is 262 Å². The van der Waals surface area contributed by atoms with Crippen molar-refractivity contribution in [3.63, 3.8) is 0 Å². The normalized spacial score (nSPS) is 13.4. The van der Waals surface area contributed by atoms with Crippen molar-refractivity contribution in [2.45, 2.75) is 55.4 Å². The quantitative estimate of drug-likeness (QED) is 0.126. The van der Waals surface area contributed by atoms with Gasteiger partial charge < -0.3 is 9.80 Å². The maximum absolute atomic E-state index is 19.0. The maximum atomic E-state index is 19.0. The van der Waals surface area contributed by atoms with Gasteiger partial charge in [0.15, 0.2) is 11.6 Å². The van der Waals surface area contributed by atoms with Crippen molar-refractivity contribution in [2.24, 2.45) is 0 Å². The van der Waals surface area contributed by atoms with E-state index in [0.29, 0.717) is 65.7 Å². The first-order valence-electron chi connectivity index (χ1n) is 30.4. The molecule has 0 aliphatic heterocycles. The monoisotopic (exact) mass is 999 g/mol. The standard InChI is InChI=1S/C72H58F2N2/c1-43-19-15-27-55(47(43)5)59-37-39-61(57-29-17-21-45(3)49(57)7)71(69(59)73)75(53-23-11-9-12-24-53)65-41-33-51-32-36-64-66(42-34-52-31-35-63(65)67(51)68(52)64)76(54-25-13-10-14-26-54)72-62(58-30-18-22-46(4)50(58)8)40-38-60(70(72)74)56-28-16-20-44(2)48(56)6/h9-42H,1-8H3/i9D,10D,11D,12D,13D,14D,23D,24D,25D,26D. The summed E-state index contributed by atoms with van der Waals surface area (Å²) in [5, 5.41) is 3.59. The molecule has 0 saturated heterocycles. The van der Waals surface area contributed by atoms with E-state index in [1.807, 2.05) is 177 Å². The minimum absolute atomic E-state index is 0.0584. The second kappa shape index (κ2) is 19.1. The molecular weight excluding hydrogens is 931 g/mol. The molecule has 0 unspecified atom stereocenters. The fraction of sp³-hybridized carbons (Fsp3) is 0.111. The molecule has 0 saturated carbocycles. The zero-order valence-corrected chi connectivity index (χ0v) is 43.5. The summed E-state index contributed by atoms with van der Waals surface area (Å²) in [4.78, 5) is 2.94. The largest absolute Gasteiger partial charge is 0.307 e. The van der Waals surface area contributed by atoms with E-state index >= 15 is 8.78 Å². The van der Waals surface area contributed by atoms with Crippen molar-refractivity contribution in [1.29, 1.82) is 0 Å². The number of aryl methyl sites for hydroxylation is 4. The van der Waals surface area contributed by atoms with Gasteiger partial charge in [0, 0.05) is 44.4 Å². The summed E-state index contributed by atoms with van der Waals surface area (Å²) in [6.45, 7) is 15.5. The molecule has 0 N–H and O–H groups in total. The molecule has 0 bridgehead atoms. The van der Waals surface area contributed by atoms with Crippen LogP contribution in [0.15, 0.2) is 206 Å². The topological polar surface area (TPSA) is 6.48 Å². The molecule has 12 aromatic rings. The third kappa shape index (κ3) is 7.82. The molecular formula is C72H58F2N2. The molecule has 12 aromatic carbocycles. The lowest BCUT2D eigenvalue weighted by molar-refractivity contribution is 0.632. The molecule has 0 aliphatic carbocycles. The van der Waals surface area contributed by atoms with Crippen molar-refractivity contribution in [3.8, 4) is 44.5 Å². The number of hydrogen-bond acceptors (Lipinski definition) is 2. The molecule has 0 fully saturated rings. The predicted octanol–water partition coefficient (Wildman–Crippen LogP) is 20.9. The lowest BCUT2D eigenvalue weighted by Gasteiger charge is -2.32. The Balaban J connectivity index is 1.24. The molecule has 76 heavy (non-hydrogen) atoms. The first-order valence-corrected chi connectivity index (χ1v) is 25.4. The predicted molar refractivity (Wildman–Crippen MR) is 319 cm³/mol. The van der Waals surface area contributed by atoms with Crippen molar-refractivity contribution >= 4 is 66.4 Å². The summed E-state index contributed by atoms with van der Waals surface area (Å²) in [5.41, 5.74) is 10.7. The molecule has 0 amide bonds. The van der Waals surface area contributed by atoms with Gasteiger partial charge >= 0.3 is 0 Å². The highest BCUT2D eigenvalue weighted by Gasteiger charge is 2.30. The van der Waals surface area contributed by atoms with Crippen LogP contribution in [-0.2, 0) is 0 Å². The zero-order chi connectivity index (χ0) is 61.2. The second-order valence-electron chi connectivity index (χ2n) is 19.8. The van der Waals surface area contributed by atoms with Crippen LogP contribution in [0.2, 0.25) is 0 Å². The fourth-order valence-corrected chi connectivity index (χ4v) is 11.2. The number of anilines is 6. The molecule has 12 rings (SSSR count). The van der Waals surface area contributed by atoms with E-state index in [-0.39, 0.29) is 45.3 Å². The molecule has 0 aromatic heterocycles. The lowest BCUT2D eigenvalue weighted by Crippen LogP contribution is -2.15. The van der Waals surface area contributed by atoms with Gasteiger partial charge in [-0.15, -0.1) is 0 Å². The lowest BCUT2D eigenvalue weighted by atomic mass is 9.89. The molecule has 370 valence electrons. The summed E-state index contributed by atoms with van der Waals surface area (Å²) in [7, 11) is 0. The molecule has 0 spiro atoms. The smallest absolute Gasteiger partial charge is 0.155 e. The van der Waals surface area contributed by atoms with Crippen LogP contribution in [0.1, 0.15) is 58.2 Å². The highest BCUT2D eigenvalue weighted by atomic mass is 19.1. The Kier molecular flexibility index (Phi) is 9.51. The molecule has 0 heterocycles. The third-order valence-electron chi connectivity index (χ3n) is 15.8. The highest BCUT2D eigenvalue weighted by Crippen LogP contribution is 2.53. The van der Waals surface area contributed by atoms with Crippen molar-refractivity contribution in [1.82, 2.24) is 0 Å². The van der Waals surface area contributed by atoms with Crippen molar-refractivity contribution < 1.29 is 22.5 Å². The molecule has 4 heteroatoms. The van der Waals surface area contributed by atoms with Crippen LogP contribution in [0, 0.1) is 67.0 Å². The molecule has 0 aliphatic rings. The van der Waals surface area contributed by atoms with E-state index in [1.54, 1.807) is 24.3 Å². The van der Waals surface area contributed by atoms with Gasteiger partial charge in [-0.25, -0.2) is 8.78 Å². The average molecular weight is 999 g/mol. The van der Waals surface area contributed by atoms with E-state index < -0.39 is 72.1 Å². The Bertz CT molecular complexity index is 4500. The summed E-state index contributed by atoms with van der Waals surface area (Å²) in [5.74, 6) is -1.40. The molecule has 0 radical (unpaired) electrons. The van der Waals surface area contributed by atoms with Gasteiger partial charge in [0.2, 0.25) is 0 Å². The van der Waals surface area contributed by atoms with Crippen molar-refractivity contribution in [2.75, 3.05) is 9.80 Å². The van der Waals surface area contributed by atoms with Gasteiger partial charge in [0.25, 0.3) is 0 Å². The van der Waals surface area contributed by atoms with Crippen LogP contribution < -0.4 is 9.80 Å². The van der Waals surface area contributed by atoms with E-state index in [4.69, 9.17) is 8.22 Å². The van der Waals surface area contributed by atoms with Crippen LogP contribution in [-0.4, -0.2) is 0 Å². The van der Waals surface area contributed by atoms with E-state index in [2.05, 4.69) is 0 Å². The average Bonchev–Trinajstić information content (AvgIpc) is 0.796. The fourth-order valence-electron chi connectivity index (χ4n) is 11.2. The van der Waals surface area contributed by atoms with Gasteiger partial charge in [0.1, 0.15) is 0 Å². The van der Waals surface area contributed by atoms with E-state index in [1.165, 1.54) is 9.80 Å². The Morgan fingerprint density at radius 1 is 0.316 bits per heavy atom. The van der Waals surface area contributed by atoms with E-state index in [0.717, 1.165) is 44.5 Å². The van der Waals surface area contributed by atoms with Crippen LogP contribution in [0.5, 0.6) is 0 Å². The zero-order valence-electron chi connectivity index (χ0n) is 53.5. The minimum atomic E-state index is -0.698. The van der Waals surface area contributed by atoms with Gasteiger partial charge in [-0.2, -0.15) is 0 Å². The van der Waals surface area contributed by atoms with Gasteiger partial charge in [-0.3, -0.25) is 0 Å². The van der Waals surface area contributed by atoms with Crippen LogP contribution >= 0.6 is 0 Å². The SMILES string of the molecule is [2H]c1c([2H])c([2H])c(N(c2c(-c3cccc(C)c3C)ccc(-c3cccc(C)c3C)c2F)c2ccc3ccc4c(N(c5c([2H])c([2H])c([2H])c([2H])c5[2H])c5c(-c6cccc(C)c6C)ccc(-c6cccc(C)c6C)c5F)ccc5ccc2c3c54)c([2H])c1[2H]. The summed E-state index contributed by atoms with van der Waals surface area (Å²) < 4.78 is 131. The Labute approximate surface area is 459 Å². The number of nitrogens with zero attached hydrogens (tertiary/aromatic N) is 2. The Hall–Kier alpha value is -8.86. The number of para-hydroxylation sites is 2. The Morgan fingerprint density at radius 2 is 0.618 bits per heavy atom. The van der Waals surface area contributed by atoms with Crippen LogP contribution in [0.25, 0.3) is 76.8 Å². The summed E-state index contributed by atoms with van der Waals surface area (Å²) in [6, 6.07) is 38.6. The van der Waals surface area contributed by atoms with Gasteiger partial charge in [0.05, 0.1) is 36.5 Å². The first kappa shape index (κ1) is 37.8. The number of hydrogen-bond donors (Lipinski definition) is 0. The molecule has 2 nitrogen and oxygen atoms in total. The second-order valence-corrected chi connectivity index (χ2v) is 19.8. The molecule has 0 atom stereocenters. The third-order valence-corrected chi connectivity index (χ3v) is 15.8. The van der Waals surface area contributed by atoms with E-state index in [9.17, 15) is 5.48 Å². The first-order chi connectivity index (χ1) is 41.0. The highest BCUT2D eigenvalue weighted by molar-refractivity contribution is 6.28. The van der Waals surface area contributed by atoms with Gasteiger partial charge in [-0.05, 0) is 180 Å².